The Balaban J connectivity index is 1.81. The van der Waals surface area contributed by atoms with Gasteiger partial charge in [0, 0.05) is 29.6 Å². The highest BCUT2D eigenvalue weighted by Crippen LogP contribution is 2.19. The van der Waals surface area contributed by atoms with Crippen molar-refractivity contribution >= 4 is 16.8 Å². The van der Waals surface area contributed by atoms with Crippen LogP contribution < -0.4 is 5.32 Å². The molecule has 2 N–H and O–H groups in total. The van der Waals surface area contributed by atoms with E-state index in [4.69, 9.17) is 0 Å². The summed E-state index contributed by atoms with van der Waals surface area (Å²) in [4.78, 5) is 15.0. The van der Waals surface area contributed by atoms with Gasteiger partial charge in [-0.05, 0) is 37.8 Å². The number of rotatable bonds is 7. The van der Waals surface area contributed by atoms with Crippen LogP contribution in [0.15, 0.2) is 43.1 Å². The fraction of sp³-hybridized carbons (Fsp3) is 0.353. The minimum absolute atomic E-state index is 0.124. The third kappa shape index (κ3) is 3.73. The van der Waals surface area contributed by atoms with Crippen molar-refractivity contribution in [3.8, 4) is 0 Å². The Labute approximate surface area is 120 Å². The van der Waals surface area contributed by atoms with Crippen molar-refractivity contribution in [1.29, 1.82) is 0 Å². The molecule has 1 aromatic heterocycles. The van der Waals surface area contributed by atoms with E-state index in [0.717, 1.165) is 24.8 Å². The van der Waals surface area contributed by atoms with Gasteiger partial charge in [-0.25, -0.2) is 0 Å². The van der Waals surface area contributed by atoms with E-state index in [1.165, 1.54) is 10.9 Å². The first-order valence-electron chi connectivity index (χ1n) is 7.16. The molecular formula is C17H22N2O. The molecule has 1 amide bonds. The molecular weight excluding hydrogens is 248 g/mol. The second-order valence-electron chi connectivity index (χ2n) is 5.21. The number of amides is 1. The van der Waals surface area contributed by atoms with Gasteiger partial charge in [0.15, 0.2) is 0 Å². The molecule has 0 radical (unpaired) electrons. The van der Waals surface area contributed by atoms with E-state index < -0.39 is 0 Å². The van der Waals surface area contributed by atoms with Crippen molar-refractivity contribution in [2.24, 2.45) is 0 Å². The van der Waals surface area contributed by atoms with Crippen LogP contribution in [0, 0.1) is 0 Å². The minimum atomic E-state index is 0.124. The van der Waals surface area contributed by atoms with Crippen molar-refractivity contribution in [3.63, 3.8) is 0 Å². The monoisotopic (exact) mass is 270 g/mol. The van der Waals surface area contributed by atoms with Crippen molar-refractivity contribution in [2.75, 3.05) is 0 Å². The van der Waals surface area contributed by atoms with Crippen LogP contribution in [0.25, 0.3) is 10.9 Å². The third-order valence-corrected chi connectivity index (χ3v) is 3.45. The standard InChI is InChI=1S/C17H22N2O/c1-3-7-13(2)19-17(20)11-6-8-14-12-18-16-10-5-4-9-15(14)16/h3-5,9-10,12-13,18H,1,6-8,11H2,2H3,(H,19,20). The molecule has 3 heteroatoms. The molecule has 106 valence electrons. The third-order valence-electron chi connectivity index (χ3n) is 3.45. The first-order valence-corrected chi connectivity index (χ1v) is 7.16. The molecule has 1 atom stereocenters. The number of fused-ring (bicyclic) bond motifs is 1. The zero-order valence-electron chi connectivity index (χ0n) is 12.0. The second-order valence-corrected chi connectivity index (χ2v) is 5.21. The van der Waals surface area contributed by atoms with E-state index in [2.05, 4.69) is 29.0 Å². The lowest BCUT2D eigenvalue weighted by atomic mass is 10.1. The highest BCUT2D eigenvalue weighted by atomic mass is 16.1. The van der Waals surface area contributed by atoms with Gasteiger partial charge in [-0.2, -0.15) is 0 Å². The number of hydrogen-bond acceptors (Lipinski definition) is 1. The highest BCUT2D eigenvalue weighted by molar-refractivity contribution is 5.83. The first kappa shape index (κ1) is 14.4. The Kier molecular flexibility index (Phi) is 4.99. The number of aromatic amines is 1. The second kappa shape index (κ2) is 6.94. The SMILES string of the molecule is C=CCC(C)NC(=O)CCCc1c[nH]c2ccccc12. The van der Waals surface area contributed by atoms with Crippen molar-refractivity contribution in [3.05, 3.63) is 48.7 Å². The molecule has 0 bridgehead atoms. The number of benzene rings is 1. The van der Waals surface area contributed by atoms with Crippen molar-refractivity contribution in [2.45, 2.75) is 38.6 Å². The number of nitrogens with one attached hydrogen (secondary N) is 2. The van der Waals surface area contributed by atoms with Crippen LogP contribution in [0.2, 0.25) is 0 Å². The molecule has 3 nitrogen and oxygen atoms in total. The maximum atomic E-state index is 11.8. The summed E-state index contributed by atoms with van der Waals surface area (Å²) < 4.78 is 0. The van der Waals surface area contributed by atoms with Crippen LogP contribution in [-0.4, -0.2) is 16.9 Å². The average molecular weight is 270 g/mol. The summed E-state index contributed by atoms with van der Waals surface area (Å²) in [6.45, 7) is 5.68. The molecule has 1 heterocycles. The summed E-state index contributed by atoms with van der Waals surface area (Å²) in [5.41, 5.74) is 2.44. The van der Waals surface area contributed by atoms with Gasteiger partial charge in [-0.15, -0.1) is 6.58 Å². The normalized spacial score (nSPS) is 12.2. The molecule has 20 heavy (non-hydrogen) atoms. The lowest BCUT2D eigenvalue weighted by Gasteiger charge is -2.11. The molecule has 2 aromatic rings. The molecule has 0 spiro atoms. The molecule has 0 saturated carbocycles. The first-order chi connectivity index (χ1) is 9.70. The van der Waals surface area contributed by atoms with Crippen molar-refractivity contribution < 1.29 is 4.79 Å². The number of carbonyl (C=O) groups excluding carboxylic acids is 1. The van der Waals surface area contributed by atoms with E-state index >= 15 is 0 Å². The quantitative estimate of drug-likeness (QED) is 0.742. The van der Waals surface area contributed by atoms with Crippen LogP contribution in [0.1, 0.15) is 31.7 Å². The Bertz CT molecular complexity index is 585. The summed E-state index contributed by atoms with van der Waals surface area (Å²) in [6, 6.07) is 8.43. The largest absolute Gasteiger partial charge is 0.361 e. The number of aromatic nitrogens is 1. The maximum Gasteiger partial charge on any atom is 0.220 e. The smallest absolute Gasteiger partial charge is 0.220 e. The van der Waals surface area contributed by atoms with Crippen LogP contribution in [0.4, 0.5) is 0 Å². The van der Waals surface area contributed by atoms with E-state index in [1.807, 2.05) is 31.3 Å². The number of hydrogen-bond donors (Lipinski definition) is 2. The Morgan fingerprint density at radius 3 is 3.05 bits per heavy atom. The lowest BCUT2D eigenvalue weighted by Crippen LogP contribution is -2.31. The predicted molar refractivity (Wildman–Crippen MR) is 83.7 cm³/mol. The Morgan fingerprint density at radius 2 is 2.25 bits per heavy atom. The van der Waals surface area contributed by atoms with E-state index in [1.54, 1.807) is 0 Å². The molecule has 0 saturated heterocycles. The fourth-order valence-electron chi connectivity index (χ4n) is 2.43. The fourth-order valence-corrected chi connectivity index (χ4v) is 2.43. The van der Waals surface area contributed by atoms with E-state index in [0.29, 0.717) is 6.42 Å². The summed E-state index contributed by atoms with van der Waals surface area (Å²) in [5.74, 6) is 0.124. The van der Waals surface area contributed by atoms with E-state index in [9.17, 15) is 4.79 Å². The zero-order valence-corrected chi connectivity index (χ0v) is 12.0. The lowest BCUT2D eigenvalue weighted by molar-refractivity contribution is -0.121. The van der Waals surface area contributed by atoms with Gasteiger partial charge in [-0.1, -0.05) is 24.3 Å². The summed E-state index contributed by atoms with van der Waals surface area (Å²) in [7, 11) is 0. The molecule has 0 aliphatic rings. The van der Waals surface area contributed by atoms with Gasteiger partial charge in [0.1, 0.15) is 0 Å². The zero-order chi connectivity index (χ0) is 14.4. The molecule has 2 rings (SSSR count). The maximum absolute atomic E-state index is 11.8. The topological polar surface area (TPSA) is 44.9 Å². The van der Waals surface area contributed by atoms with Crippen molar-refractivity contribution in [1.82, 2.24) is 10.3 Å². The summed E-state index contributed by atoms with van der Waals surface area (Å²) in [6.07, 6.45) is 7.05. The molecule has 1 aromatic carbocycles. The van der Waals surface area contributed by atoms with Crippen LogP contribution >= 0.6 is 0 Å². The van der Waals surface area contributed by atoms with Gasteiger partial charge in [0.2, 0.25) is 5.91 Å². The number of para-hydroxylation sites is 1. The minimum Gasteiger partial charge on any atom is -0.361 e. The number of aryl methyl sites for hydroxylation is 1. The molecule has 0 aliphatic carbocycles. The van der Waals surface area contributed by atoms with Gasteiger partial charge in [-0.3, -0.25) is 4.79 Å². The van der Waals surface area contributed by atoms with Crippen LogP contribution in [-0.2, 0) is 11.2 Å². The van der Waals surface area contributed by atoms with Gasteiger partial charge in [0.25, 0.3) is 0 Å². The van der Waals surface area contributed by atoms with E-state index in [-0.39, 0.29) is 11.9 Å². The predicted octanol–water partition coefficient (Wildman–Crippen LogP) is 3.57. The van der Waals surface area contributed by atoms with Gasteiger partial charge >= 0.3 is 0 Å². The molecule has 1 unspecified atom stereocenters. The Morgan fingerprint density at radius 1 is 1.45 bits per heavy atom. The molecule has 0 fully saturated rings. The highest BCUT2D eigenvalue weighted by Gasteiger charge is 2.07. The van der Waals surface area contributed by atoms with Crippen LogP contribution in [0.3, 0.4) is 0 Å². The summed E-state index contributed by atoms with van der Waals surface area (Å²) in [5, 5.41) is 4.24. The molecule has 0 aliphatic heterocycles. The summed E-state index contributed by atoms with van der Waals surface area (Å²) >= 11 is 0. The number of carbonyl (C=O) groups is 1. The Hall–Kier alpha value is -2.03. The average Bonchev–Trinajstić information content (AvgIpc) is 2.82. The van der Waals surface area contributed by atoms with Crippen LogP contribution in [0.5, 0.6) is 0 Å². The number of H-pyrrole nitrogens is 1. The van der Waals surface area contributed by atoms with Gasteiger partial charge < -0.3 is 10.3 Å². The van der Waals surface area contributed by atoms with Gasteiger partial charge in [0.05, 0.1) is 0 Å².